The van der Waals surface area contributed by atoms with E-state index in [4.69, 9.17) is 27.5 Å². The van der Waals surface area contributed by atoms with Crippen LogP contribution in [0, 0.1) is 12.3 Å². The number of ether oxygens (including phenoxy) is 2. The lowest BCUT2D eigenvalue weighted by Crippen LogP contribution is -2.07. The molecule has 1 aromatic carbocycles. The van der Waals surface area contributed by atoms with Crippen LogP contribution in [-0.4, -0.2) is 19.7 Å². The third-order valence-corrected chi connectivity index (χ3v) is 1.90. The predicted octanol–water partition coefficient (Wildman–Crippen LogP) is 2.14. The summed E-state index contributed by atoms with van der Waals surface area (Å²) in [5.41, 5.74) is 0.264. The number of benzene rings is 1. The van der Waals surface area contributed by atoms with Gasteiger partial charge >= 0.3 is 5.97 Å². The summed E-state index contributed by atoms with van der Waals surface area (Å²) in [5, 5.41) is 0.434. The fourth-order valence-corrected chi connectivity index (χ4v) is 1.20. The number of carbonyl (C=O) groups excluding carboxylic acids is 1. The van der Waals surface area contributed by atoms with E-state index in [2.05, 4.69) is 5.92 Å². The molecule has 0 aromatic heterocycles. The molecule has 0 saturated carbocycles. The molecule has 0 unspecified atom stereocenters. The summed E-state index contributed by atoms with van der Waals surface area (Å²) in [6.07, 6.45) is 4.97. The van der Waals surface area contributed by atoms with Gasteiger partial charge in [0.1, 0.15) is 11.3 Å². The maximum Gasteiger partial charge on any atom is 0.342 e. The maximum absolute atomic E-state index is 11.5. The molecule has 0 amide bonds. The van der Waals surface area contributed by atoms with Gasteiger partial charge in [0.15, 0.2) is 6.61 Å². The molecular formula is C11H9ClO3. The van der Waals surface area contributed by atoms with Crippen LogP contribution in [0.4, 0.5) is 0 Å². The number of methoxy groups -OCH3 is 1. The molecule has 0 atom stereocenters. The first-order valence-corrected chi connectivity index (χ1v) is 4.51. The van der Waals surface area contributed by atoms with Gasteiger partial charge in [0, 0.05) is 5.02 Å². The lowest BCUT2D eigenvalue weighted by molar-refractivity contribution is 0.0553. The minimum absolute atomic E-state index is 0.0749. The van der Waals surface area contributed by atoms with Gasteiger partial charge in [0.25, 0.3) is 0 Å². The van der Waals surface area contributed by atoms with Gasteiger partial charge in [-0.3, -0.25) is 0 Å². The molecule has 0 aliphatic carbocycles. The Hall–Kier alpha value is -1.66. The van der Waals surface area contributed by atoms with Crippen molar-refractivity contribution in [2.24, 2.45) is 0 Å². The zero-order valence-electron chi connectivity index (χ0n) is 8.12. The van der Waals surface area contributed by atoms with Crippen LogP contribution in [0.15, 0.2) is 18.2 Å². The summed E-state index contributed by atoms with van der Waals surface area (Å²) in [5.74, 6) is 2.06. The van der Waals surface area contributed by atoms with Gasteiger partial charge in [-0.05, 0) is 18.2 Å². The van der Waals surface area contributed by atoms with Crippen molar-refractivity contribution in [1.82, 2.24) is 0 Å². The average Bonchev–Trinajstić information content (AvgIpc) is 2.25. The van der Waals surface area contributed by atoms with Crippen molar-refractivity contribution in [2.45, 2.75) is 0 Å². The van der Waals surface area contributed by atoms with Crippen LogP contribution < -0.4 is 4.74 Å². The smallest absolute Gasteiger partial charge is 0.342 e. The van der Waals surface area contributed by atoms with Crippen LogP contribution >= 0.6 is 11.6 Å². The van der Waals surface area contributed by atoms with E-state index < -0.39 is 5.97 Å². The van der Waals surface area contributed by atoms with Gasteiger partial charge in [-0.15, -0.1) is 6.42 Å². The van der Waals surface area contributed by atoms with Crippen LogP contribution in [0.3, 0.4) is 0 Å². The second-order valence-corrected chi connectivity index (χ2v) is 3.06. The summed E-state index contributed by atoms with van der Waals surface area (Å²) >= 11 is 5.75. The van der Waals surface area contributed by atoms with Gasteiger partial charge in [0.2, 0.25) is 0 Å². The van der Waals surface area contributed by atoms with Gasteiger partial charge < -0.3 is 9.47 Å². The Balaban J connectivity index is 2.96. The number of terminal acetylenes is 1. The van der Waals surface area contributed by atoms with E-state index in [1.54, 1.807) is 12.1 Å². The van der Waals surface area contributed by atoms with Crippen molar-refractivity contribution in [3.63, 3.8) is 0 Å². The third-order valence-electron chi connectivity index (χ3n) is 1.67. The van der Waals surface area contributed by atoms with E-state index >= 15 is 0 Å². The van der Waals surface area contributed by atoms with E-state index in [-0.39, 0.29) is 12.2 Å². The Morgan fingerprint density at radius 3 is 2.93 bits per heavy atom. The molecule has 0 aliphatic rings. The van der Waals surface area contributed by atoms with E-state index in [0.29, 0.717) is 10.8 Å². The van der Waals surface area contributed by atoms with E-state index in [1.165, 1.54) is 13.2 Å². The van der Waals surface area contributed by atoms with Gasteiger partial charge in [0.05, 0.1) is 7.11 Å². The molecule has 0 heterocycles. The normalized spacial score (nSPS) is 9.13. The fraction of sp³-hybridized carbons (Fsp3) is 0.182. The molecule has 0 saturated heterocycles. The van der Waals surface area contributed by atoms with Gasteiger partial charge in [-0.25, -0.2) is 4.79 Å². The zero-order chi connectivity index (χ0) is 11.3. The Morgan fingerprint density at radius 1 is 1.60 bits per heavy atom. The Morgan fingerprint density at radius 2 is 2.33 bits per heavy atom. The van der Waals surface area contributed by atoms with Crippen LogP contribution in [0.2, 0.25) is 5.02 Å². The number of carbonyl (C=O) groups is 1. The van der Waals surface area contributed by atoms with Gasteiger partial charge in [-0.1, -0.05) is 17.5 Å². The fourth-order valence-electron chi connectivity index (χ4n) is 1.02. The molecule has 1 aromatic rings. The molecular weight excluding hydrogens is 216 g/mol. The minimum Gasteiger partial charge on any atom is -0.496 e. The first-order chi connectivity index (χ1) is 7.19. The molecule has 0 N–H and O–H groups in total. The first-order valence-electron chi connectivity index (χ1n) is 4.13. The summed E-state index contributed by atoms with van der Waals surface area (Å²) < 4.78 is 9.75. The molecule has 0 aliphatic heterocycles. The highest BCUT2D eigenvalue weighted by Crippen LogP contribution is 2.23. The van der Waals surface area contributed by atoms with Crippen molar-refractivity contribution in [3.8, 4) is 18.1 Å². The SMILES string of the molecule is C#CCOC(=O)c1cc(Cl)ccc1OC. The Labute approximate surface area is 92.9 Å². The summed E-state index contributed by atoms with van der Waals surface area (Å²) in [6.45, 7) is -0.0749. The summed E-state index contributed by atoms with van der Waals surface area (Å²) in [6, 6.07) is 4.69. The standard InChI is InChI=1S/C11H9ClO3/c1-3-6-15-11(13)9-7-8(12)4-5-10(9)14-2/h1,4-5,7H,6H2,2H3. The third kappa shape index (κ3) is 2.90. The predicted molar refractivity (Wildman–Crippen MR) is 57.1 cm³/mol. The van der Waals surface area contributed by atoms with Gasteiger partial charge in [-0.2, -0.15) is 0 Å². The molecule has 0 bridgehead atoms. The van der Waals surface area contributed by atoms with E-state index in [9.17, 15) is 4.79 Å². The van der Waals surface area contributed by atoms with Crippen molar-refractivity contribution in [2.75, 3.05) is 13.7 Å². The van der Waals surface area contributed by atoms with Crippen molar-refractivity contribution >= 4 is 17.6 Å². The van der Waals surface area contributed by atoms with Crippen molar-refractivity contribution < 1.29 is 14.3 Å². The molecule has 3 nitrogen and oxygen atoms in total. The molecule has 0 spiro atoms. The van der Waals surface area contributed by atoms with E-state index in [1.807, 2.05) is 0 Å². The number of halogens is 1. The lowest BCUT2D eigenvalue weighted by atomic mass is 10.2. The Kier molecular flexibility index (Phi) is 4.02. The van der Waals surface area contributed by atoms with Crippen LogP contribution in [0.5, 0.6) is 5.75 Å². The van der Waals surface area contributed by atoms with Crippen molar-refractivity contribution in [3.05, 3.63) is 28.8 Å². The number of esters is 1. The maximum atomic E-state index is 11.5. The van der Waals surface area contributed by atoms with Crippen LogP contribution in [0.1, 0.15) is 10.4 Å². The zero-order valence-corrected chi connectivity index (χ0v) is 8.88. The highest BCUT2D eigenvalue weighted by atomic mass is 35.5. The minimum atomic E-state index is -0.549. The van der Waals surface area contributed by atoms with Crippen molar-refractivity contribution in [1.29, 1.82) is 0 Å². The molecule has 78 valence electrons. The van der Waals surface area contributed by atoms with E-state index in [0.717, 1.165) is 0 Å². The lowest BCUT2D eigenvalue weighted by Gasteiger charge is -2.07. The number of rotatable bonds is 3. The first kappa shape index (κ1) is 11.4. The summed E-state index contributed by atoms with van der Waals surface area (Å²) in [7, 11) is 1.46. The highest BCUT2D eigenvalue weighted by Gasteiger charge is 2.13. The highest BCUT2D eigenvalue weighted by molar-refractivity contribution is 6.31. The largest absolute Gasteiger partial charge is 0.496 e. The second kappa shape index (κ2) is 5.28. The topological polar surface area (TPSA) is 35.5 Å². The molecule has 15 heavy (non-hydrogen) atoms. The molecule has 4 heteroatoms. The molecule has 0 fully saturated rings. The van der Waals surface area contributed by atoms with Crippen LogP contribution in [0.25, 0.3) is 0 Å². The molecule has 0 radical (unpaired) electrons. The monoisotopic (exact) mass is 224 g/mol. The Bertz CT molecular complexity index is 407. The average molecular weight is 225 g/mol. The van der Waals surface area contributed by atoms with Crippen LogP contribution in [-0.2, 0) is 4.74 Å². The quantitative estimate of drug-likeness (QED) is 0.583. The second-order valence-electron chi connectivity index (χ2n) is 2.62. The summed E-state index contributed by atoms with van der Waals surface area (Å²) in [4.78, 5) is 11.5. The number of hydrogen-bond donors (Lipinski definition) is 0. The number of hydrogen-bond acceptors (Lipinski definition) is 3. The molecule has 1 rings (SSSR count).